The Morgan fingerprint density at radius 2 is 1.66 bits per heavy atom. The van der Waals surface area contributed by atoms with E-state index in [9.17, 15) is 8.42 Å². The van der Waals surface area contributed by atoms with Crippen LogP contribution in [0, 0.1) is 0 Å². The lowest BCUT2D eigenvalue weighted by molar-refractivity contribution is 0.434. The summed E-state index contributed by atoms with van der Waals surface area (Å²) < 4.78 is 30.3. The van der Waals surface area contributed by atoms with Gasteiger partial charge in [-0.15, -0.1) is 0 Å². The van der Waals surface area contributed by atoms with Crippen molar-refractivity contribution in [1.82, 2.24) is 20.4 Å². The number of nitrogen functional groups attached to an aromatic ring is 1. The summed E-state index contributed by atoms with van der Waals surface area (Å²) in [4.78, 5) is 9.10. The Kier molecular flexibility index (Phi) is 6.81. The molecule has 11 heteroatoms. The third-order valence-corrected chi connectivity index (χ3v) is 7.79. The fourth-order valence-electron chi connectivity index (χ4n) is 3.25. The summed E-state index contributed by atoms with van der Waals surface area (Å²) in [6, 6.07) is 15.8. The molecule has 0 saturated carbocycles. The number of rotatable bonds is 6. The van der Waals surface area contributed by atoms with Crippen LogP contribution in [0.2, 0.25) is 0 Å². The van der Waals surface area contributed by atoms with E-state index in [0.29, 0.717) is 33.5 Å². The number of hydrogen-bond donors (Lipinski definition) is 3. The SMILES string of the molecule is CNC(=S)Nc1ccc(-c2cc(-c3nc(-c4ccc(S(=O)(=O)C(C)C)cc4)cnc3N)on2)cc1. The lowest BCUT2D eigenvalue weighted by Gasteiger charge is -2.09. The van der Waals surface area contributed by atoms with Crippen LogP contribution in [0.1, 0.15) is 13.8 Å². The van der Waals surface area contributed by atoms with E-state index in [1.165, 1.54) is 6.20 Å². The van der Waals surface area contributed by atoms with Crippen molar-refractivity contribution in [1.29, 1.82) is 0 Å². The zero-order chi connectivity index (χ0) is 25.2. The summed E-state index contributed by atoms with van der Waals surface area (Å²) in [6.45, 7) is 3.30. The molecule has 0 radical (unpaired) electrons. The third-order valence-electron chi connectivity index (χ3n) is 5.31. The molecule has 4 aromatic rings. The molecule has 0 spiro atoms. The average molecular weight is 509 g/mol. The molecule has 0 aliphatic heterocycles. The van der Waals surface area contributed by atoms with Gasteiger partial charge in [0.25, 0.3) is 0 Å². The van der Waals surface area contributed by atoms with Crippen LogP contribution in [-0.4, -0.2) is 41.0 Å². The fourth-order valence-corrected chi connectivity index (χ4v) is 4.42. The molecule has 0 atom stereocenters. The molecule has 0 amide bonds. The second-order valence-corrected chi connectivity index (χ2v) is 10.9. The molecule has 2 heterocycles. The maximum atomic E-state index is 12.4. The van der Waals surface area contributed by atoms with Crippen LogP contribution in [0.25, 0.3) is 34.0 Å². The maximum Gasteiger partial charge on any atom is 0.189 e. The first-order valence-electron chi connectivity index (χ1n) is 10.7. The van der Waals surface area contributed by atoms with Crippen molar-refractivity contribution in [3.8, 4) is 34.0 Å². The molecule has 0 aliphatic carbocycles. The first kappa shape index (κ1) is 24.3. The molecule has 9 nitrogen and oxygen atoms in total. The van der Waals surface area contributed by atoms with Crippen molar-refractivity contribution < 1.29 is 12.9 Å². The van der Waals surface area contributed by atoms with E-state index in [-0.39, 0.29) is 10.7 Å². The molecule has 4 N–H and O–H groups in total. The van der Waals surface area contributed by atoms with Crippen LogP contribution in [0.4, 0.5) is 11.5 Å². The number of nitrogens with two attached hydrogens (primary N) is 1. The molecule has 0 aliphatic rings. The monoisotopic (exact) mass is 508 g/mol. The van der Waals surface area contributed by atoms with Gasteiger partial charge in [0.15, 0.2) is 32.2 Å². The number of benzene rings is 2. The van der Waals surface area contributed by atoms with Crippen LogP contribution in [0.3, 0.4) is 0 Å². The Hall–Kier alpha value is -3.83. The zero-order valence-corrected chi connectivity index (χ0v) is 20.9. The summed E-state index contributed by atoms with van der Waals surface area (Å²) >= 11 is 5.11. The van der Waals surface area contributed by atoms with Crippen molar-refractivity contribution in [2.45, 2.75) is 24.0 Å². The van der Waals surface area contributed by atoms with Crippen molar-refractivity contribution in [2.24, 2.45) is 0 Å². The summed E-state index contributed by atoms with van der Waals surface area (Å²) in [7, 11) is -1.61. The van der Waals surface area contributed by atoms with Crippen LogP contribution in [-0.2, 0) is 9.84 Å². The Bertz CT molecular complexity index is 1460. The summed E-state index contributed by atoms with van der Waals surface area (Å²) in [5.41, 5.74) is 9.93. The highest BCUT2D eigenvalue weighted by molar-refractivity contribution is 7.92. The molecule has 4 rings (SSSR count). The molecule has 180 valence electrons. The van der Waals surface area contributed by atoms with Crippen LogP contribution in [0.5, 0.6) is 0 Å². The Balaban J connectivity index is 1.60. The highest BCUT2D eigenvalue weighted by Crippen LogP contribution is 2.30. The second-order valence-electron chi connectivity index (χ2n) is 7.97. The van der Waals surface area contributed by atoms with Gasteiger partial charge >= 0.3 is 0 Å². The quantitative estimate of drug-likeness (QED) is 0.326. The van der Waals surface area contributed by atoms with Crippen LogP contribution in [0.15, 0.2) is 70.2 Å². The summed E-state index contributed by atoms with van der Waals surface area (Å²) in [6.07, 6.45) is 1.53. The van der Waals surface area contributed by atoms with Crippen LogP contribution >= 0.6 is 12.2 Å². The van der Waals surface area contributed by atoms with Crippen molar-refractivity contribution in [3.63, 3.8) is 0 Å². The Labute approximate surface area is 208 Å². The number of thiocarbonyl (C=S) groups is 1. The number of nitrogens with zero attached hydrogens (tertiary/aromatic N) is 3. The largest absolute Gasteiger partial charge is 0.382 e. The standard InChI is InChI=1S/C24H24N6O3S2/c1-14(2)35(31,32)18-10-6-16(7-11-18)20-13-27-23(25)22(29-20)21-12-19(30-33-21)15-4-8-17(9-5-15)28-24(34)26-3/h4-14H,1-3H3,(H2,25,27)(H2,26,28,34). The first-order valence-corrected chi connectivity index (χ1v) is 12.7. The van der Waals surface area contributed by atoms with E-state index >= 15 is 0 Å². The molecule has 0 fully saturated rings. The average Bonchev–Trinajstić information content (AvgIpc) is 3.35. The number of aromatic nitrogens is 3. The molecule has 2 aromatic carbocycles. The lowest BCUT2D eigenvalue weighted by Crippen LogP contribution is -2.23. The predicted octanol–water partition coefficient (Wildman–Crippen LogP) is 4.15. The topological polar surface area (TPSA) is 136 Å². The summed E-state index contributed by atoms with van der Waals surface area (Å²) in [5.74, 6) is 0.556. The molecule has 0 saturated heterocycles. The minimum atomic E-state index is -3.36. The van der Waals surface area contributed by atoms with Gasteiger partial charge in [-0.05, 0) is 50.3 Å². The maximum absolute atomic E-state index is 12.4. The Morgan fingerprint density at radius 3 is 2.29 bits per heavy atom. The smallest absolute Gasteiger partial charge is 0.189 e. The Morgan fingerprint density at radius 1 is 1.03 bits per heavy atom. The minimum absolute atomic E-state index is 0.190. The van der Waals surface area contributed by atoms with Gasteiger partial charge in [-0.1, -0.05) is 29.4 Å². The van der Waals surface area contributed by atoms with Gasteiger partial charge in [0, 0.05) is 29.9 Å². The van der Waals surface area contributed by atoms with E-state index in [2.05, 4.69) is 25.8 Å². The summed E-state index contributed by atoms with van der Waals surface area (Å²) in [5, 5.41) is 10.1. The van der Waals surface area contributed by atoms with Gasteiger partial charge in [0.1, 0.15) is 5.69 Å². The van der Waals surface area contributed by atoms with Crippen molar-refractivity contribution >= 4 is 38.7 Å². The van der Waals surface area contributed by atoms with Gasteiger partial charge in [-0.25, -0.2) is 18.4 Å². The number of anilines is 2. The van der Waals surface area contributed by atoms with Crippen molar-refractivity contribution in [3.05, 3.63) is 60.8 Å². The highest BCUT2D eigenvalue weighted by atomic mass is 32.2. The molecular formula is C24H24N6O3S2. The van der Waals surface area contributed by atoms with E-state index in [1.807, 2.05) is 24.3 Å². The number of nitrogens with one attached hydrogen (secondary N) is 2. The second kappa shape index (κ2) is 9.80. The van der Waals surface area contributed by atoms with Gasteiger partial charge in [-0.3, -0.25) is 0 Å². The van der Waals surface area contributed by atoms with Crippen molar-refractivity contribution in [2.75, 3.05) is 18.1 Å². The van der Waals surface area contributed by atoms with Gasteiger partial charge in [0.2, 0.25) is 0 Å². The van der Waals surface area contributed by atoms with E-state index in [4.69, 9.17) is 22.5 Å². The highest BCUT2D eigenvalue weighted by Gasteiger charge is 2.20. The molecular weight excluding hydrogens is 484 g/mol. The lowest BCUT2D eigenvalue weighted by atomic mass is 10.1. The number of hydrogen-bond acceptors (Lipinski definition) is 8. The van der Waals surface area contributed by atoms with Crippen LogP contribution < -0.4 is 16.4 Å². The fraction of sp³-hybridized carbons (Fsp3) is 0.167. The zero-order valence-electron chi connectivity index (χ0n) is 19.3. The van der Waals surface area contributed by atoms with E-state index in [0.717, 1.165) is 11.3 Å². The minimum Gasteiger partial charge on any atom is -0.382 e. The molecule has 35 heavy (non-hydrogen) atoms. The molecule has 0 bridgehead atoms. The van der Waals surface area contributed by atoms with Gasteiger partial charge < -0.3 is 20.9 Å². The number of sulfone groups is 1. The first-order chi connectivity index (χ1) is 16.7. The van der Waals surface area contributed by atoms with Gasteiger partial charge in [0.05, 0.1) is 22.0 Å². The third kappa shape index (κ3) is 5.15. The molecule has 0 unspecified atom stereocenters. The van der Waals surface area contributed by atoms with E-state index in [1.54, 1.807) is 51.2 Å². The molecule has 2 aromatic heterocycles. The predicted molar refractivity (Wildman–Crippen MR) is 140 cm³/mol. The van der Waals surface area contributed by atoms with E-state index < -0.39 is 15.1 Å². The van der Waals surface area contributed by atoms with Gasteiger partial charge in [-0.2, -0.15) is 0 Å². The normalized spacial score (nSPS) is 11.4.